The number of nitrogens with one attached hydrogen (secondary N) is 4. The van der Waals surface area contributed by atoms with E-state index in [-0.39, 0.29) is 19.1 Å². The van der Waals surface area contributed by atoms with Crippen molar-refractivity contribution in [3.63, 3.8) is 0 Å². The van der Waals surface area contributed by atoms with Crippen LogP contribution in [0.2, 0.25) is 0 Å². The number of rotatable bonds is 17. The van der Waals surface area contributed by atoms with Gasteiger partial charge in [-0.1, -0.05) is 46.2 Å². The van der Waals surface area contributed by atoms with Gasteiger partial charge in [0.15, 0.2) is 0 Å². The van der Waals surface area contributed by atoms with Crippen molar-refractivity contribution in [3.8, 4) is 0 Å². The second-order valence-electron chi connectivity index (χ2n) is 10.3. The van der Waals surface area contributed by atoms with Gasteiger partial charge in [0, 0.05) is 24.3 Å². The molecule has 1 atom stereocenters. The van der Waals surface area contributed by atoms with Crippen molar-refractivity contribution in [2.24, 2.45) is 5.41 Å². The van der Waals surface area contributed by atoms with Gasteiger partial charge in [-0.3, -0.25) is 14.4 Å². The van der Waals surface area contributed by atoms with Gasteiger partial charge in [-0.05, 0) is 44.9 Å². The predicted molar refractivity (Wildman–Crippen MR) is 151 cm³/mol. The number of benzene rings is 1. The van der Waals surface area contributed by atoms with Gasteiger partial charge in [-0.15, -0.1) is 0 Å². The molecule has 40 heavy (non-hydrogen) atoms. The molecule has 11 nitrogen and oxygen atoms in total. The minimum Gasteiger partial charge on any atom is -0.528 e. The summed E-state index contributed by atoms with van der Waals surface area (Å²) in [6.07, 6.45) is 3.29. The summed E-state index contributed by atoms with van der Waals surface area (Å²) in [5, 5.41) is 19.3. The zero-order chi connectivity index (χ0) is 29.9. The Bertz CT molecular complexity index is 880. The predicted octanol–water partition coefficient (Wildman–Crippen LogP) is 2.04. The summed E-state index contributed by atoms with van der Waals surface area (Å²) in [5.74, 6) is -1.21. The number of ether oxygens (including phenoxy) is 2. The summed E-state index contributed by atoms with van der Waals surface area (Å²) in [6, 6.07) is 5.87. The van der Waals surface area contributed by atoms with Gasteiger partial charge in [0.05, 0.1) is 32.0 Å². The quantitative estimate of drug-likeness (QED) is 0.0918. The summed E-state index contributed by atoms with van der Waals surface area (Å²) in [4.78, 5) is 47.3. The van der Waals surface area contributed by atoms with Crippen molar-refractivity contribution in [2.45, 2.75) is 79.6 Å². The third-order valence-corrected chi connectivity index (χ3v) is 5.38. The number of anilines is 1. The summed E-state index contributed by atoms with van der Waals surface area (Å²) < 4.78 is 11.2. The molecule has 0 aliphatic rings. The molecule has 0 saturated heterocycles. The Morgan fingerprint density at radius 2 is 1.62 bits per heavy atom. The summed E-state index contributed by atoms with van der Waals surface area (Å²) in [7, 11) is 0. The maximum atomic E-state index is 12.5. The molecule has 4 amide bonds. The fourth-order valence-corrected chi connectivity index (χ4v) is 2.92. The molecule has 234 valence electrons. The molecule has 0 radical (unpaired) electrons. The molecule has 0 aliphatic heterocycles. The summed E-state index contributed by atoms with van der Waals surface area (Å²) >= 11 is 0. The fraction of sp³-hybridized carbons (Fsp3) is 0.643. The van der Waals surface area contributed by atoms with E-state index >= 15 is 0 Å². The van der Waals surface area contributed by atoms with Gasteiger partial charge in [0.2, 0.25) is 17.7 Å². The molecular formula is C28H47FmN4O7-. The van der Waals surface area contributed by atoms with Crippen molar-refractivity contribution >= 4 is 29.8 Å². The molecule has 0 bridgehead atoms. The molecule has 0 saturated carbocycles. The molecule has 5 N–H and O–H groups in total. The van der Waals surface area contributed by atoms with Crippen molar-refractivity contribution in [1.29, 1.82) is 0 Å². The molecule has 0 heterocycles. The van der Waals surface area contributed by atoms with Crippen LogP contribution in [0.15, 0.2) is 24.3 Å². The average Bonchev–Trinajstić information content (AvgIpc) is 2.88. The Hall–Kier alpha value is -4.02. The van der Waals surface area contributed by atoms with E-state index in [4.69, 9.17) is 14.6 Å². The zero-order valence-corrected chi connectivity index (χ0v) is 27.1. The fourth-order valence-electron chi connectivity index (χ4n) is 2.92. The van der Waals surface area contributed by atoms with E-state index in [0.717, 1.165) is 5.56 Å². The van der Waals surface area contributed by atoms with Gasteiger partial charge < -0.3 is 40.6 Å². The Morgan fingerprint density at radius 3 is 2.17 bits per heavy atom. The Labute approximate surface area is 232 Å². The minimum atomic E-state index is -0.812. The van der Waals surface area contributed by atoms with Crippen molar-refractivity contribution < 1.29 is 33.8 Å². The second-order valence-corrected chi connectivity index (χ2v) is 10.3. The van der Waals surface area contributed by atoms with Gasteiger partial charge in [0.25, 0.3) is 0 Å². The van der Waals surface area contributed by atoms with Crippen LogP contribution in [0.1, 0.15) is 66.9 Å². The first kappa shape index (κ1) is 38.1. The zero-order valence-electron chi connectivity index (χ0n) is 24.7. The number of hydrogen-bond acceptors (Lipinski definition) is 7. The molecule has 12 heteroatoms. The standard InChI is InChI=1S/C25H39N4O7.C3H8.Fm/c1-18(22(33)29-20-8-6-19(15-30)7-9-20)28-21(32)14-27-23(34)24(2,3)10-11-35-12-13-36-25(4,5)16-26-17-31;1-3-2;/h6-9,18,30H,10-16H2,1-5H3,(H,26,31)(H,27,34)(H,28,32)(H,29,33);3H2,1-2H3;/q-1;;. The number of carbonyl (C=O) groups is 3. The van der Waals surface area contributed by atoms with E-state index < -0.39 is 28.9 Å². The van der Waals surface area contributed by atoms with Gasteiger partial charge in [-0.25, -0.2) is 0 Å². The van der Waals surface area contributed by atoms with E-state index in [0.29, 0.717) is 38.5 Å². The molecule has 0 aliphatic carbocycles. The van der Waals surface area contributed by atoms with Crippen LogP contribution in [-0.2, 0) is 35.3 Å². The molecule has 1 rings (SSSR count). The van der Waals surface area contributed by atoms with Crippen LogP contribution >= 0.6 is 0 Å². The molecule has 1 aromatic carbocycles. The topological polar surface area (TPSA) is 155 Å². The number of aliphatic hydroxyl groups excluding tert-OH is 1. The van der Waals surface area contributed by atoms with Gasteiger partial charge in [0.1, 0.15) is 6.04 Å². The van der Waals surface area contributed by atoms with Crippen LogP contribution < -0.4 is 21.3 Å². The van der Waals surface area contributed by atoms with E-state index in [2.05, 4.69) is 35.1 Å². The number of hydrogen-bond donors (Lipinski definition) is 5. The van der Waals surface area contributed by atoms with E-state index in [1.54, 1.807) is 51.4 Å². The molecular weight excluding hydrogens is 761 g/mol. The first-order valence-electron chi connectivity index (χ1n) is 13.2. The first-order valence-corrected chi connectivity index (χ1v) is 13.2. The second kappa shape index (κ2) is 20.0. The summed E-state index contributed by atoms with van der Waals surface area (Å²) in [6.45, 7) is 13.9. The number of amides is 4. The van der Waals surface area contributed by atoms with E-state index in [9.17, 15) is 19.2 Å². The summed E-state index contributed by atoms with van der Waals surface area (Å²) in [5.41, 5.74) is -0.0467. The SMILES string of the molecule is CC(NC(=O)CNC(=O)C(C)(C)CCOCCOC(C)(C)CN[C-]=O)C(=O)Nc1ccc(CO)cc1.CCC.[Fm]. The van der Waals surface area contributed by atoms with Crippen LogP contribution in [0.4, 0.5) is 5.69 Å². The first-order chi connectivity index (χ1) is 18.3. The maximum absolute atomic E-state index is 12.5. The molecule has 0 fully saturated rings. The van der Waals surface area contributed by atoms with Gasteiger partial charge in [-0.2, -0.15) is 6.41 Å². The largest absolute Gasteiger partial charge is 0.528 e. The minimum absolute atomic E-state index is 0. The van der Waals surface area contributed by atoms with E-state index in [1.807, 2.05) is 13.8 Å². The van der Waals surface area contributed by atoms with Crippen LogP contribution in [0.3, 0.4) is 0 Å². The van der Waals surface area contributed by atoms with Crippen LogP contribution in [-0.4, -0.2) is 73.8 Å². The molecule has 0 aromatic heterocycles. The third-order valence-electron chi connectivity index (χ3n) is 5.38. The van der Waals surface area contributed by atoms with Crippen molar-refractivity contribution in [2.75, 3.05) is 38.2 Å². The monoisotopic (exact) mass is 808 g/mol. The molecule has 1 aromatic rings. The van der Waals surface area contributed by atoms with E-state index in [1.165, 1.54) is 6.42 Å². The third kappa shape index (κ3) is 16.7. The van der Waals surface area contributed by atoms with Crippen LogP contribution in [0.5, 0.6) is 0 Å². The molecule has 0 spiro atoms. The van der Waals surface area contributed by atoms with Gasteiger partial charge >= 0.3 is 0 Å². The van der Waals surface area contributed by atoms with Crippen molar-refractivity contribution in [1.82, 2.24) is 16.0 Å². The average molecular weight is 809 g/mol. The van der Waals surface area contributed by atoms with Crippen LogP contribution in [0, 0.1) is 5.41 Å². The Balaban J connectivity index is 0. The smallest absolute Gasteiger partial charge is 0.246 e. The molecule has 1 unspecified atom stereocenters. The van der Waals surface area contributed by atoms with Crippen molar-refractivity contribution in [3.05, 3.63) is 29.8 Å². The number of aliphatic hydroxyl groups is 1. The van der Waals surface area contributed by atoms with Crippen LogP contribution in [0.25, 0.3) is 0 Å². The Morgan fingerprint density at radius 1 is 1.02 bits per heavy atom. The normalized spacial score (nSPS) is 11.6. The Kier molecular flexibility index (Phi) is 19.0. The maximum Gasteiger partial charge on any atom is 0.246 e. The number of carbonyl (C=O) groups excluding carboxylic acids is 4.